The number of morpholine rings is 1. The Kier molecular flexibility index (Phi) is 3.46. The summed E-state index contributed by atoms with van der Waals surface area (Å²) in [7, 11) is 0. The van der Waals surface area contributed by atoms with Gasteiger partial charge in [0.15, 0.2) is 0 Å². The molecule has 5 fully saturated rings. The molecule has 5 aliphatic rings. The van der Waals surface area contributed by atoms with E-state index in [2.05, 4.69) is 10.00 Å². The second-order valence-electron chi connectivity index (χ2n) is 8.30. The molecular weight excluding hydrogens is 326 g/mol. The van der Waals surface area contributed by atoms with Gasteiger partial charge in [0.05, 0.1) is 30.6 Å². The predicted molar refractivity (Wildman–Crippen MR) is 92.7 cm³/mol. The zero-order valence-electron chi connectivity index (χ0n) is 13.9. The van der Waals surface area contributed by atoms with Crippen molar-refractivity contribution in [3.05, 3.63) is 21.6 Å². The Balaban J connectivity index is 1.53. The Labute approximate surface area is 146 Å². The summed E-state index contributed by atoms with van der Waals surface area (Å²) in [5, 5.41) is 4.98. The first-order valence-corrected chi connectivity index (χ1v) is 9.63. The van der Waals surface area contributed by atoms with Gasteiger partial charge in [-0.1, -0.05) is 11.6 Å². The van der Waals surface area contributed by atoms with Gasteiger partial charge >= 0.3 is 0 Å². The quantitative estimate of drug-likeness (QED) is 0.823. The van der Waals surface area contributed by atoms with Crippen LogP contribution in [-0.4, -0.2) is 36.1 Å². The fraction of sp³-hybridized carbons (Fsp3) is 0.778. The molecule has 0 amide bonds. The maximum atomic E-state index is 13.1. The zero-order chi connectivity index (χ0) is 16.3. The highest BCUT2D eigenvalue weighted by atomic mass is 35.5. The Morgan fingerprint density at radius 2 is 1.67 bits per heavy atom. The van der Waals surface area contributed by atoms with E-state index in [-0.39, 0.29) is 11.1 Å². The molecule has 1 aromatic heterocycles. The molecule has 1 aliphatic heterocycles. The van der Waals surface area contributed by atoms with Crippen LogP contribution in [0.1, 0.15) is 38.5 Å². The lowest BCUT2D eigenvalue weighted by molar-refractivity contribution is -0.0518. The SMILES string of the molecule is O=c1c(Cl)c(N2CCOCC2)cnn1C12CC3CC(CC(C3)C1)C2. The normalized spacial score (nSPS) is 37.9. The second kappa shape index (κ2) is 5.46. The van der Waals surface area contributed by atoms with Crippen molar-refractivity contribution in [3.8, 4) is 0 Å². The molecule has 0 atom stereocenters. The number of rotatable bonds is 2. The predicted octanol–water partition coefficient (Wildman–Crippen LogP) is 2.66. The summed E-state index contributed by atoms with van der Waals surface area (Å²) in [5.41, 5.74) is 0.604. The average Bonchev–Trinajstić information content (AvgIpc) is 2.56. The Hall–Kier alpha value is -1.07. The first-order valence-electron chi connectivity index (χ1n) is 9.26. The highest BCUT2D eigenvalue weighted by Crippen LogP contribution is 2.58. The van der Waals surface area contributed by atoms with Crippen LogP contribution in [0.5, 0.6) is 0 Å². The van der Waals surface area contributed by atoms with Crippen molar-refractivity contribution in [3.63, 3.8) is 0 Å². The molecule has 4 aliphatic carbocycles. The monoisotopic (exact) mass is 349 g/mol. The van der Waals surface area contributed by atoms with E-state index in [9.17, 15) is 4.79 Å². The maximum absolute atomic E-state index is 13.1. The van der Waals surface area contributed by atoms with E-state index in [0.29, 0.717) is 18.2 Å². The number of hydrogen-bond acceptors (Lipinski definition) is 4. The number of hydrogen-bond donors (Lipinski definition) is 0. The molecule has 6 heteroatoms. The van der Waals surface area contributed by atoms with E-state index in [0.717, 1.165) is 55.8 Å². The Morgan fingerprint density at radius 3 is 2.25 bits per heavy atom. The van der Waals surface area contributed by atoms with Gasteiger partial charge in [0.25, 0.3) is 5.56 Å². The van der Waals surface area contributed by atoms with Crippen molar-refractivity contribution in [2.24, 2.45) is 17.8 Å². The molecule has 5 nitrogen and oxygen atoms in total. The van der Waals surface area contributed by atoms with Gasteiger partial charge in [0.1, 0.15) is 5.02 Å². The molecule has 4 bridgehead atoms. The number of halogens is 1. The van der Waals surface area contributed by atoms with Crippen LogP contribution in [0.4, 0.5) is 5.69 Å². The van der Waals surface area contributed by atoms with Crippen molar-refractivity contribution in [2.45, 2.75) is 44.1 Å². The van der Waals surface area contributed by atoms with E-state index in [1.54, 1.807) is 4.68 Å². The first kappa shape index (κ1) is 15.2. The standard InChI is InChI=1S/C18H24ClN3O2/c19-16-15(21-1-3-24-4-2-21)11-20-22(17(16)23)18-8-12-5-13(9-18)7-14(6-12)10-18/h11-14H,1-10H2. The van der Waals surface area contributed by atoms with E-state index in [1.807, 2.05) is 6.20 Å². The van der Waals surface area contributed by atoms with Crippen molar-refractivity contribution < 1.29 is 4.74 Å². The summed E-state index contributed by atoms with van der Waals surface area (Å²) in [6.07, 6.45) is 9.21. The van der Waals surface area contributed by atoms with E-state index in [1.165, 1.54) is 19.3 Å². The van der Waals surface area contributed by atoms with E-state index < -0.39 is 0 Å². The van der Waals surface area contributed by atoms with Gasteiger partial charge in [-0.15, -0.1) is 0 Å². The molecule has 1 aromatic rings. The molecule has 0 radical (unpaired) electrons. The van der Waals surface area contributed by atoms with Crippen molar-refractivity contribution in [1.29, 1.82) is 0 Å². The minimum Gasteiger partial charge on any atom is -0.378 e. The second-order valence-corrected chi connectivity index (χ2v) is 8.68. The van der Waals surface area contributed by atoms with Crippen LogP contribution < -0.4 is 10.5 Å². The van der Waals surface area contributed by atoms with Crippen LogP contribution in [0.2, 0.25) is 5.02 Å². The third kappa shape index (κ3) is 2.24. The molecule has 0 unspecified atom stereocenters. The summed E-state index contributed by atoms with van der Waals surface area (Å²) in [6, 6.07) is 0. The summed E-state index contributed by atoms with van der Waals surface area (Å²) < 4.78 is 7.16. The number of ether oxygens (including phenoxy) is 1. The molecule has 24 heavy (non-hydrogen) atoms. The minimum atomic E-state index is -0.0948. The van der Waals surface area contributed by atoms with Gasteiger partial charge in [-0.3, -0.25) is 4.79 Å². The zero-order valence-corrected chi connectivity index (χ0v) is 14.7. The fourth-order valence-electron chi connectivity index (χ4n) is 6.11. The van der Waals surface area contributed by atoms with E-state index >= 15 is 0 Å². The Morgan fingerprint density at radius 1 is 1.08 bits per heavy atom. The maximum Gasteiger partial charge on any atom is 0.288 e. The van der Waals surface area contributed by atoms with Crippen molar-refractivity contribution >= 4 is 17.3 Å². The Bertz CT molecular complexity index is 675. The third-order valence-electron chi connectivity index (χ3n) is 6.71. The minimum absolute atomic E-state index is 0.0704. The third-order valence-corrected chi connectivity index (χ3v) is 7.06. The van der Waals surface area contributed by atoms with Crippen LogP contribution >= 0.6 is 11.6 Å². The highest BCUT2D eigenvalue weighted by molar-refractivity contribution is 6.33. The topological polar surface area (TPSA) is 47.4 Å². The number of aromatic nitrogens is 2. The molecule has 1 saturated heterocycles. The van der Waals surface area contributed by atoms with Gasteiger partial charge in [-0.25, -0.2) is 4.68 Å². The van der Waals surface area contributed by atoms with E-state index in [4.69, 9.17) is 16.3 Å². The smallest absolute Gasteiger partial charge is 0.288 e. The fourth-order valence-corrected chi connectivity index (χ4v) is 6.36. The molecule has 0 N–H and O–H groups in total. The molecule has 2 heterocycles. The summed E-state index contributed by atoms with van der Waals surface area (Å²) >= 11 is 6.52. The molecule has 130 valence electrons. The van der Waals surface area contributed by atoms with Crippen LogP contribution in [0.3, 0.4) is 0 Å². The molecule has 6 rings (SSSR count). The van der Waals surface area contributed by atoms with Gasteiger partial charge in [-0.2, -0.15) is 5.10 Å². The van der Waals surface area contributed by atoms with Crippen LogP contribution in [0.25, 0.3) is 0 Å². The van der Waals surface area contributed by atoms with Crippen LogP contribution in [-0.2, 0) is 10.3 Å². The largest absolute Gasteiger partial charge is 0.378 e. The van der Waals surface area contributed by atoms with Gasteiger partial charge in [0.2, 0.25) is 0 Å². The van der Waals surface area contributed by atoms with Crippen LogP contribution in [0.15, 0.2) is 11.0 Å². The highest BCUT2D eigenvalue weighted by Gasteiger charge is 2.53. The number of nitrogens with zero attached hydrogens (tertiary/aromatic N) is 3. The lowest BCUT2D eigenvalue weighted by Crippen LogP contribution is -2.55. The molecule has 0 spiro atoms. The van der Waals surface area contributed by atoms with Crippen molar-refractivity contribution in [2.75, 3.05) is 31.2 Å². The number of anilines is 1. The lowest BCUT2D eigenvalue weighted by atomic mass is 9.53. The molecule has 4 saturated carbocycles. The van der Waals surface area contributed by atoms with Crippen molar-refractivity contribution in [1.82, 2.24) is 9.78 Å². The van der Waals surface area contributed by atoms with Crippen LogP contribution in [0, 0.1) is 17.8 Å². The van der Waals surface area contributed by atoms with Gasteiger partial charge < -0.3 is 9.64 Å². The average molecular weight is 350 g/mol. The van der Waals surface area contributed by atoms with Gasteiger partial charge in [0, 0.05) is 13.1 Å². The first-order chi connectivity index (χ1) is 11.6. The molecule has 0 aromatic carbocycles. The molecular formula is C18H24ClN3O2. The van der Waals surface area contributed by atoms with Gasteiger partial charge in [-0.05, 0) is 56.3 Å². The summed E-state index contributed by atoms with van der Waals surface area (Å²) in [4.78, 5) is 15.2. The summed E-state index contributed by atoms with van der Waals surface area (Å²) in [6.45, 7) is 2.88. The lowest BCUT2D eigenvalue weighted by Gasteiger charge is -2.56. The summed E-state index contributed by atoms with van der Waals surface area (Å²) in [5.74, 6) is 2.34.